The molecule has 1 aliphatic heterocycles. The standard InChI is InChI=1S/C25H23NO6/c1-14-12-20(31-4)15(2)11-18(14)23(27)21-22(19-9-6-10-32-19)26(25(29)24(21)28)16-7-5-8-17(13-16)30-3/h5-13,22,27H,1-4H3/b23-21-. The minimum Gasteiger partial charge on any atom is -0.507 e. The lowest BCUT2D eigenvalue weighted by atomic mass is 9.95. The molecule has 2 aromatic carbocycles. The van der Waals surface area contributed by atoms with E-state index in [4.69, 9.17) is 13.9 Å². The summed E-state index contributed by atoms with van der Waals surface area (Å²) in [5, 5.41) is 11.3. The fourth-order valence-corrected chi connectivity index (χ4v) is 3.98. The minimum atomic E-state index is -0.932. The highest BCUT2D eigenvalue weighted by Crippen LogP contribution is 2.43. The summed E-state index contributed by atoms with van der Waals surface area (Å²) in [6.07, 6.45) is 1.46. The highest BCUT2D eigenvalue weighted by atomic mass is 16.5. The average molecular weight is 433 g/mol. The maximum Gasteiger partial charge on any atom is 0.300 e. The summed E-state index contributed by atoms with van der Waals surface area (Å²) >= 11 is 0. The van der Waals surface area contributed by atoms with Gasteiger partial charge in [-0.3, -0.25) is 14.5 Å². The number of carbonyl (C=O) groups is 2. The lowest BCUT2D eigenvalue weighted by Gasteiger charge is -2.24. The Kier molecular flexibility index (Phi) is 5.48. The van der Waals surface area contributed by atoms with Crippen molar-refractivity contribution >= 4 is 23.1 Å². The summed E-state index contributed by atoms with van der Waals surface area (Å²) < 4.78 is 16.2. The third-order valence-corrected chi connectivity index (χ3v) is 5.59. The Morgan fingerprint density at radius 3 is 2.44 bits per heavy atom. The molecule has 1 aliphatic rings. The molecule has 7 heteroatoms. The number of furan rings is 1. The van der Waals surface area contributed by atoms with Crippen LogP contribution < -0.4 is 14.4 Å². The van der Waals surface area contributed by atoms with E-state index in [-0.39, 0.29) is 11.3 Å². The smallest absolute Gasteiger partial charge is 0.300 e. The Labute approximate surface area is 185 Å². The molecule has 1 aromatic heterocycles. The van der Waals surface area contributed by atoms with Crippen molar-refractivity contribution in [3.63, 3.8) is 0 Å². The van der Waals surface area contributed by atoms with Crippen molar-refractivity contribution in [2.75, 3.05) is 19.1 Å². The van der Waals surface area contributed by atoms with Crippen LogP contribution in [0.5, 0.6) is 11.5 Å². The summed E-state index contributed by atoms with van der Waals surface area (Å²) in [5.41, 5.74) is 2.35. The Morgan fingerprint density at radius 2 is 1.78 bits per heavy atom. The number of rotatable bonds is 5. The summed E-state index contributed by atoms with van der Waals surface area (Å²) in [6, 6.07) is 12.8. The lowest BCUT2D eigenvalue weighted by molar-refractivity contribution is -0.132. The molecule has 0 saturated carbocycles. The van der Waals surface area contributed by atoms with Crippen LogP contribution in [0.15, 0.2) is 64.8 Å². The van der Waals surface area contributed by atoms with Gasteiger partial charge in [-0.2, -0.15) is 0 Å². The Hall–Kier alpha value is -4.00. The molecule has 0 radical (unpaired) electrons. The van der Waals surface area contributed by atoms with E-state index < -0.39 is 17.7 Å². The first-order valence-electron chi connectivity index (χ1n) is 10.0. The molecular formula is C25H23NO6. The van der Waals surface area contributed by atoms with Gasteiger partial charge in [-0.05, 0) is 61.4 Å². The van der Waals surface area contributed by atoms with E-state index in [0.29, 0.717) is 34.1 Å². The van der Waals surface area contributed by atoms with Crippen LogP contribution in [-0.4, -0.2) is 31.0 Å². The number of Topliss-reactive ketones (excluding diaryl/α,β-unsaturated/α-hetero) is 1. The predicted octanol–water partition coefficient (Wildman–Crippen LogP) is 4.54. The van der Waals surface area contributed by atoms with Gasteiger partial charge in [0.2, 0.25) is 0 Å². The second kappa shape index (κ2) is 8.26. The Balaban J connectivity index is 1.94. The number of carbonyl (C=O) groups excluding carboxylic acids is 2. The number of methoxy groups -OCH3 is 2. The minimum absolute atomic E-state index is 0.0413. The van der Waals surface area contributed by atoms with Gasteiger partial charge >= 0.3 is 0 Å². The molecule has 1 N–H and O–H groups in total. The third-order valence-electron chi connectivity index (χ3n) is 5.59. The van der Waals surface area contributed by atoms with Gasteiger partial charge in [0.1, 0.15) is 29.1 Å². The van der Waals surface area contributed by atoms with E-state index in [1.165, 1.54) is 18.3 Å². The van der Waals surface area contributed by atoms with Crippen LogP contribution in [0.2, 0.25) is 0 Å². The number of ether oxygens (including phenoxy) is 2. The fraction of sp³-hybridized carbons (Fsp3) is 0.200. The van der Waals surface area contributed by atoms with E-state index in [1.807, 2.05) is 6.92 Å². The van der Waals surface area contributed by atoms with E-state index >= 15 is 0 Å². The molecule has 1 amide bonds. The van der Waals surface area contributed by atoms with Gasteiger partial charge in [-0.15, -0.1) is 0 Å². The molecule has 3 aromatic rings. The highest BCUT2D eigenvalue weighted by Gasteiger charge is 2.48. The molecular weight excluding hydrogens is 410 g/mol. The SMILES string of the molecule is COc1cccc(N2C(=O)C(=O)/C(=C(\O)c3cc(C)c(OC)cc3C)C2c2ccco2)c1. The van der Waals surface area contributed by atoms with Crippen LogP contribution in [0.4, 0.5) is 5.69 Å². The number of anilines is 1. The maximum atomic E-state index is 13.2. The summed E-state index contributed by atoms with van der Waals surface area (Å²) in [4.78, 5) is 27.6. The zero-order valence-corrected chi connectivity index (χ0v) is 18.2. The molecule has 1 atom stereocenters. The number of aliphatic hydroxyl groups is 1. The van der Waals surface area contributed by atoms with Gasteiger partial charge < -0.3 is 19.0 Å². The number of hydrogen-bond donors (Lipinski definition) is 1. The van der Waals surface area contributed by atoms with Crippen molar-refractivity contribution in [3.8, 4) is 11.5 Å². The molecule has 2 heterocycles. The number of aryl methyl sites for hydroxylation is 2. The van der Waals surface area contributed by atoms with Gasteiger partial charge in [-0.1, -0.05) is 6.07 Å². The molecule has 0 spiro atoms. The first-order valence-corrected chi connectivity index (χ1v) is 10.0. The van der Waals surface area contributed by atoms with E-state index in [9.17, 15) is 14.7 Å². The highest BCUT2D eigenvalue weighted by molar-refractivity contribution is 6.51. The van der Waals surface area contributed by atoms with E-state index in [0.717, 1.165) is 5.56 Å². The maximum absolute atomic E-state index is 13.2. The van der Waals surface area contributed by atoms with Crippen LogP contribution >= 0.6 is 0 Å². The van der Waals surface area contributed by atoms with E-state index in [1.54, 1.807) is 62.6 Å². The molecule has 0 aliphatic carbocycles. The predicted molar refractivity (Wildman–Crippen MR) is 119 cm³/mol. The number of hydrogen-bond acceptors (Lipinski definition) is 6. The quantitative estimate of drug-likeness (QED) is 0.361. The first kappa shape index (κ1) is 21.2. The first-order chi connectivity index (χ1) is 15.4. The zero-order valence-electron chi connectivity index (χ0n) is 18.2. The van der Waals surface area contributed by atoms with Crippen molar-refractivity contribution in [1.82, 2.24) is 0 Å². The fourth-order valence-electron chi connectivity index (χ4n) is 3.98. The molecule has 4 rings (SSSR count). The van der Waals surface area contributed by atoms with Crippen molar-refractivity contribution in [3.05, 3.63) is 82.8 Å². The largest absolute Gasteiger partial charge is 0.507 e. The summed E-state index contributed by atoms with van der Waals surface area (Å²) in [7, 11) is 3.09. The molecule has 32 heavy (non-hydrogen) atoms. The van der Waals surface area contributed by atoms with Gasteiger partial charge in [0, 0.05) is 17.3 Å². The second-order valence-electron chi connectivity index (χ2n) is 7.52. The van der Waals surface area contributed by atoms with Crippen molar-refractivity contribution in [2.45, 2.75) is 19.9 Å². The van der Waals surface area contributed by atoms with Crippen LogP contribution in [0.1, 0.15) is 28.5 Å². The molecule has 1 saturated heterocycles. The molecule has 7 nitrogen and oxygen atoms in total. The summed E-state index contributed by atoms with van der Waals surface area (Å²) in [6.45, 7) is 3.64. The molecule has 1 unspecified atom stereocenters. The van der Waals surface area contributed by atoms with Crippen molar-refractivity contribution < 1.29 is 28.6 Å². The van der Waals surface area contributed by atoms with Crippen LogP contribution in [0, 0.1) is 13.8 Å². The van der Waals surface area contributed by atoms with E-state index in [2.05, 4.69) is 0 Å². The number of nitrogens with zero attached hydrogens (tertiary/aromatic N) is 1. The van der Waals surface area contributed by atoms with Gasteiger partial charge in [0.25, 0.3) is 11.7 Å². The molecule has 0 bridgehead atoms. The Morgan fingerprint density at radius 1 is 1.00 bits per heavy atom. The van der Waals surface area contributed by atoms with Crippen molar-refractivity contribution in [1.29, 1.82) is 0 Å². The van der Waals surface area contributed by atoms with Crippen molar-refractivity contribution in [2.24, 2.45) is 0 Å². The third kappa shape index (κ3) is 3.41. The number of aliphatic hydroxyl groups excluding tert-OH is 1. The molecule has 164 valence electrons. The van der Waals surface area contributed by atoms with Gasteiger partial charge in [0.05, 0.1) is 26.1 Å². The zero-order chi connectivity index (χ0) is 23.0. The van der Waals surface area contributed by atoms with Gasteiger partial charge in [-0.25, -0.2) is 0 Å². The average Bonchev–Trinajstić information content (AvgIpc) is 3.41. The Bertz CT molecular complexity index is 1230. The van der Waals surface area contributed by atoms with Crippen LogP contribution in [0.25, 0.3) is 5.76 Å². The monoisotopic (exact) mass is 433 g/mol. The number of amides is 1. The number of benzene rings is 2. The normalized spacial score (nSPS) is 17.6. The van der Waals surface area contributed by atoms with Gasteiger partial charge in [0.15, 0.2) is 0 Å². The van der Waals surface area contributed by atoms with Crippen LogP contribution in [-0.2, 0) is 9.59 Å². The lowest BCUT2D eigenvalue weighted by Crippen LogP contribution is -2.29. The summed E-state index contributed by atoms with van der Waals surface area (Å²) in [5.74, 6) is -0.263. The number of ketones is 1. The second-order valence-corrected chi connectivity index (χ2v) is 7.52. The topological polar surface area (TPSA) is 89.2 Å². The molecule has 1 fully saturated rings. The van der Waals surface area contributed by atoms with Crippen LogP contribution in [0.3, 0.4) is 0 Å².